The molecule has 2 N–H and O–H groups in total. The van der Waals surface area contributed by atoms with Gasteiger partial charge in [0.25, 0.3) is 0 Å². The van der Waals surface area contributed by atoms with Crippen molar-refractivity contribution in [2.24, 2.45) is 43.3 Å². The molecule has 9 unspecified atom stereocenters. The number of unbranched alkanes of at least 4 members (excludes halogenated alkanes) is 9. The number of carbonyl (C=O) groups is 8. The number of quaternary nitrogens is 1. The second kappa shape index (κ2) is 60.1. The largest absolute Gasteiger partial charge is 0.500 e. The summed E-state index contributed by atoms with van der Waals surface area (Å²) in [7, 11) is 5.89. The van der Waals surface area contributed by atoms with E-state index in [2.05, 4.69) is 6.92 Å². The van der Waals surface area contributed by atoms with E-state index in [4.69, 9.17) is 113 Å². The van der Waals surface area contributed by atoms with Gasteiger partial charge in [0.05, 0.1) is 117 Å². The highest BCUT2D eigenvalue weighted by molar-refractivity contribution is 7.47. The summed E-state index contributed by atoms with van der Waals surface area (Å²) in [5.41, 5.74) is -15.9. The minimum absolute atomic E-state index is 0.00434. The Morgan fingerprint density at radius 3 is 0.767 bits per heavy atom. The molecule has 0 aliphatic carbocycles. The Balaban J connectivity index is 9.98. The van der Waals surface area contributed by atoms with E-state index in [1.165, 1.54) is 162 Å². The van der Waals surface area contributed by atoms with Crippen molar-refractivity contribution in [2.75, 3.05) is 200 Å². The summed E-state index contributed by atoms with van der Waals surface area (Å²) in [5, 5.41) is 11.0. The molecule has 0 aromatic rings. The summed E-state index contributed by atoms with van der Waals surface area (Å²) in [5.74, 6) is -7.49. The lowest BCUT2D eigenvalue weighted by atomic mass is 9.56. The highest BCUT2D eigenvalue weighted by Gasteiger charge is 2.60. The standard InChI is InChI=1S/C86H170NO36PSi5/c1-31-33-34-35-36-37-38-39-40-41-48-115-74(92)82(8,64-80(6,32-2)72(90)120-55-56-123-124(97,98)122-54-47-87(13,14)15)66-86(12,78(96)121-62-70(3)88)69-85(11,77(95)119-53-46-61-129(111-28,112-29)113-30)68-84(10,76(94)118-52-45-60-128(108-25,109-26)110-27)67-83(9,75(93)117-51-44-59-127(105-22,106-23)107-24)65-81(7,73(91)116-50-43-58-126(102-19,103-20)104-21)63-79(4,5)71(89)114-49-42-57-125(99-16,100-17)101-18/h70,88H,31-69H2,1-30H3/p+1. The number of aliphatic hydroxyl groups is 1. The number of aliphatic hydroxyl groups excluding tert-OH is 1. The van der Waals surface area contributed by atoms with Crippen LogP contribution >= 0.6 is 7.82 Å². The number of rotatable bonds is 79. The molecule has 0 aliphatic rings. The zero-order valence-corrected chi connectivity index (χ0v) is 90.2. The van der Waals surface area contributed by atoms with Crippen LogP contribution in [0, 0.1) is 43.3 Å². The van der Waals surface area contributed by atoms with E-state index in [0.717, 1.165) is 44.9 Å². The van der Waals surface area contributed by atoms with Gasteiger partial charge >= 0.3 is 99.6 Å². The maximum absolute atomic E-state index is 16.5. The molecular formula is C86H171NO36PSi5+. The average molecular weight is 1970 g/mol. The number of hydrogen-bond acceptors (Lipinski definition) is 35. The van der Waals surface area contributed by atoms with Gasteiger partial charge in [-0.1, -0.05) is 71.6 Å². The first-order chi connectivity index (χ1) is 60.2. The van der Waals surface area contributed by atoms with Crippen molar-refractivity contribution in [3.8, 4) is 0 Å². The molecule has 0 heterocycles. The molecule has 0 aromatic heterocycles. The molecule has 760 valence electrons. The van der Waals surface area contributed by atoms with Crippen LogP contribution in [0.15, 0.2) is 0 Å². The Morgan fingerprint density at radius 2 is 0.512 bits per heavy atom. The molecule has 43 heteroatoms. The van der Waals surface area contributed by atoms with Gasteiger partial charge < -0.3 is 119 Å². The number of likely N-dealkylation sites (N-methyl/N-ethyl adjacent to an activating group) is 1. The number of ether oxygens (including phenoxy) is 8. The Kier molecular flexibility index (Phi) is 58.4. The third-order valence-electron chi connectivity index (χ3n) is 24.0. The molecule has 0 spiro atoms. The molecule has 0 rings (SSSR count). The van der Waals surface area contributed by atoms with E-state index in [-0.39, 0.29) is 115 Å². The number of esters is 8. The van der Waals surface area contributed by atoms with E-state index in [1.54, 1.807) is 27.7 Å². The van der Waals surface area contributed by atoms with Crippen LogP contribution in [0.2, 0.25) is 30.2 Å². The smallest absolute Gasteiger partial charge is 0.465 e. The molecule has 0 bridgehead atoms. The van der Waals surface area contributed by atoms with E-state index >= 15 is 28.8 Å². The lowest BCUT2D eigenvalue weighted by Crippen LogP contribution is -2.51. The SMILES string of the molecule is CCCCCCCCCCCCOC(=O)C(C)(CC(C)(CC)C(=O)OCCOP(=O)(O)OCC[N+](C)(C)C)CC(C)(CC(C)(CC(C)(CC(C)(CC(C)(CC(C)(C)C(=O)OCCC[Si](OC)(OC)OC)C(=O)OCCC[Si](OC)(OC)OC)C(=O)OCCC[Si](OC)(OC)OC)C(=O)OCCC[Si](OC)(OC)OC)C(=O)OCCC[Si](OC)(OC)OC)C(=O)OCC(C)O. The van der Waals surface area contributed by atoms with Crippen molar-refractivity contribution < 1.29 is 171 Å². The number of phosphoric acid groups is 1. The molecule has 0 saturated heterocycles. The van der Waals surface area contributed by atoms with Gasteiger partial charge in [0.15, 0.2) is 0 Å². The predicted octanol–water partition coefficient (Wildman–Crippen LogP) is 13.0. The Bertz CT molecular complexity index is 3250. The zero-order valence-electron chi connectivity index (χ0n) is 84.3. The molecule has 0 amide bonds. The summed E-state index contributed by atoms with van der Waals surface area (Å²) >= 11 is 0. The predicted molar refractivity (Wildman–Crippen MR) is 490 cm³/mol. The maximum atomic E-state index is 16.5. The van der Waals surface area contributed by atoms with Crippen LogP contribution in [0.5, 0.6) is 0 Å². The number of hydrogen-bond donors (Lipinski definition) is 2. The van der Waals surface area contributed by atoms with Gasteiger partial charge in [0, 0.05) is 137 Å². The summed E-state index contributed by atoms with van der Waals surface area (Å²) in [6, 6.07) is 0.808. The zero-order chi connectivity index (χ0) is 99.0. The normalized spacial score (nSPS) is 16.7. The monoisotopic (exact) mass is 1970 g/mol. The maximum Gasteiger partial charge on any atom is 0.500 e. The van der Waals surface area contributed by atoms with Crippen molar-refractivity contribution in [1.29, 1.82) is 0 Å². The van der Waals surface area contributed by atoms with Gasteiger partial charge in [-0.2, -0.15) is 0 Å². The fraction of sp³-hybridized carbons (Fsp3) is 0.907. The van der Waals surface area contributed by atoms with Gasteiger partial charge in [-0.25, -0.2) is 4.57 Å². The van der Waals surface area contributed by atoms with Gasteiger partial charge in [0.1, 0.15) is 26.4 Å². The third kappa shape index (κ3) is 42.8. The Hall–Kier alpha value is -3.73. The molecule has 37 nitrogen and oxygen atoms in total. The van der Waals surface area contributed by atoms with E-state index < -0.39 is 214 Å². The van der Waals surface area contributed by atoms with Crippen LogP contribution in [0.4, 0.5) is 0 Å². The first kappa shape index (κ1) is 125. The van der Waals surface area contributed by atoms with Gasteiger partial charge in [-0.05, 0) is 159 Å². The number of phosphoric ester groups is 1. The van der Waals surface area contributed by atoms with Crippen molar-refractivity contribution >= 4 is 99.6 Å². The highest BCUT2D eigenvalue weighted by atomic mass is 31.2. The number of carbonyl (C=O) groups excluding carboxylic acids is 8. The molecular weight excluding hydrogens is 1790 g/mol. The summed E-state index contributed by atoms with van der Waals surface area (Å²) in [6.45, 7) is 15.8. The fourth-order valence-electron chi connectivity index (χ4n) is 17.0. The molecule has 9 atom stereocenters. The first-order valence-electron chi connectivity index (χ1n) is 45.0. The Labute approximate surface area is 777 Å². The third-order valence-corrected chi connectivity index (χ3v) is 39.2. The van der Waals surface area contributed by atoms with E-state index in [0.29, 0.717) is 23.9 Å². The average Bonchev–Trinajstić information content (AvgIpc) is 0.751. The minimum atomic E-state index is -4.64. The van der Waals surface area contributed by atoms with Crippen LogP contribution in [0.3, 0.4) is 0 Å². The van der Waals surface area contributed by atoms with Gasteiger partial charge in [-0.15, -0.1) is 0 Å². The Morgan fingerprint density at radius 1 is 0.295 bits per heavy atom. The van der Waals surface area contributed by atoms with Crippen molar-refractivity contribution in [3.63, 3.8) is 0 Å². The van der Waals surface area contributed by atoms with E-state index in [1.807, 2.05) is 21.1 Å². The van der Waals surface area contributed by atoms with Crippen molar-refractivity contribution in [1.82, 2.24) is 0 Å². The summed E-state index contributed by atoms with van der Waals surface area (Å²) < 4.78 is 159. The second-order valence-electron chi connectivity index (χ2n) is 37.1. The molecule has 0 radical (unpaired) electrons. The van der Waals surface area contributed by atoms with Gasteiger partial charge in [0.2, 0.25) is 0 Å². The lowest BCUT2D eigenvalue weighted by molar-refractivity contribution is -0.870. The fourth-order valence-corrected chi connectivity index (χ4v) is 26.1. The van der Waals surface area contributed by atoms with Crippen LogP contribution in [0.1, 0.15) is 231 Å². The summed E-state index contributed by atoms with van der Waals surface area (Å²) in [6.07, 6.45) is 4.93. The highest BCUT2D eigenvalue weighted by Crippen LogP contribution is 2.56. The van der Waals surface area contributed by atoms with Crippen molar-refractivity contribution in [3.05, 3.63) is 0 Å². The number of nitrogens with zero attached hydrogens (tertiary/aromatic N) is 1. The van der Waals surface area contributed by atoms with E-state index in [9.17, 15) is 24.2 Å². The van der Waals surface area contributed by atoms with Crippen molar-refractivity contribution in [2.45, 2.75) is 267 Å². The second-order valence-corrected chi connectivity index (χ2v) is 54.0. The molecule has 129 heavy (non-hydrogen) atoms. The molecule has 0 saturated carbocycles. The van der Waals surface area contributed by atoms with Crippen LogP contribution < -0.4 is 0 Å². The molecule has 0 aromatic carbocycles. The van der Waals surface area contributed by atoms with Crippen LogP contribution in [-0.4, -0.2) is 313 Å². The van der Waals surface area contributed by atoms with Gasteiger partial charge in [-0.3, -0.25) is 47.4 Å². The van der Waals surface area contributed by atoms with Crippen LogP contribution in [-0.2, 0) is 156 Å². The lowest BCUT2D eigenvalue weighted by Gasteiger charge is -2.46. The topological polar surface area (TPSA) is 425 Å². The van der Waals surface area contributed by atoms with Crippen LogP contribution in [0.25, 0.3) is 0 Å². The quantitative estimate of drug-likeness (QED) is 0.0143. The molecule has 0 aliphatic heterocycles. The first-order valence-corrected chi connectivity index (χ1v) is 56.1. The summed E-state index contributed by atoms with van der Waals surface area (Å²) in [4.78, 5) is 137. The minimum Gasteiger partial charge on any atom is -0.465 e. The molecule has 0 fully saturated rings.